The molecule has 1 heterocycles. The van der Waals surface area contributed by atoms with Crippen LogP contribution in [0.15, 0.2) is 59.6 Å². The number of benzene rings is 2. The lowest BCUT2D eigenvalue weighted by molar-refractivity contribution is 0.783. The first kappa shape index (κ1) is 9.90. The molecule has 3 heteroatoms. The maximum absolute atomic E-state index is 4.38. The number of hydrogen-bond acceptors (Lipinski definition) is 3. The summed E-state index contributed by atoms with van der Waals surface area (Å²) in [5, 5.41) is 2.08. The highest BCUT2D eigenvalue weighted by Gasteiger charge is 2.10. The van der Waals surface area contributed by atoms with E-state index < -0.39 is 0 Å². The smallest absolute Gasteiger partial charge is 0.107 e. The van der Waals surface area contributed by atoms with Gasteiger partial charge in [-0.05, 0) is 23.8 Å². The molecule has 0 aliphatic carbocycles. The third-order valence-electron chi connectivity index (χ3n) is 2.81. The average molecular weight is 223 g/mol. The van der Waals surface area contributed by atoms with Gasteiger partial charge in [-0.1, -0.05) is 36.4 Å². The Bertz CT molecular complexity index is 534. The van der Waals surface area contributed by atoms with Gasteiger partial charge in [0.05, 0.1) is 17.9 Å². The molecule has 0 aromatic heterocycles. The van der Waals surface area contributed by atoms with Crippen LogP contribution in [-0.4, -0.2) is 6.34 Å². The number of hydrogen-bond donors (Lipinski definition) is 1. The molecule has 0 unspecified atom stereocenters. The first-order chi connectivity index (χ1) is 8.43. The van der Waals surface area contributed by atoms with Crippen LogP contribution >= 0.6 is 0 Å². The topological polar surface area (TPSA) is 27.6 Å². The fourth-order valence-corrected chi connectivity index (χ4v) is 1.93. The number of para-hydroxylation sites is 2. The Labute approximate surface area is 100 Å². The van der Waals surface area contributed by atoms with Crippen LogP contribution in [0, 0.1) is 0 Å². The van der Waals surface area contributed by atoms with E-state index in [0.717, 1.165) is 17.9 Å². The molecule has 1 aliphatic heterocycles. The third-order valence-corrected chi connectivity index (χ3v) is 2.81. The minimum Gasteiger partial charge on any atom is -0.287 e. The van der Waals surface area contributed by atoms with Gasteiger partial charge >= 0.3 is 0 Å². The second-order valence-corrected chi connectivity index (χ2v) is 3.94. The number of nitrogens with zero attached hydrogens (tertiary/aromatic N) is 2. The van der Waals surface area contributed by atoms with E-state index in [1.807, 2.05) is 36.4 Å². The van der Waals surface area contributed by atoms with E-state index in [2.05, 4.69) is 33.6 Å². The van der Waals surface area contributed by atoms with Gasteiger partial charge in [0.1, 0.15) is 6.34 Å². The second-order valence-electron chi connectivity index (χ2n) is 3.94. The van der Waals surface area contributed by atoms with Crippen molar-refractivity contribution >= 4 is 17.7 Å². The quantitative estimate of drug-likeness (QED) is 0.805. The van der Waals surface area contributed by atoms with E-state index in [1.165, 1.54) is 5.56 Å². The lowest BCUT2D eigenvalue weighted by atomic mass is 10.1. The van der Waals surface area contributed by atoms with Crippen LogP contribution in [-0.2, 0) is 6.54 Å². The molecule has 1 N–H and O–H groups in total. The van der Waals surface area contributed by atoms with Crippen LogP contribution in [0.2, 0.25) is 0 Å². The standard InChI is InChI=1S/C14H13N3/c1-2-7-13(8-3-1)17-10-12-6-4-5-9-14(12)15-11-16-17/h1-9,11H,10H2,(H,15,16). The molecular weight excluding hydrogens is 210 g/mol. The zero-order valence-electron chi connectivity index (χ0n) is 9.38. The van der Waals surface area contributed by atoms with Gasteiger partial charge in [0, 0.05) is 0 Å². The molecule has 3 nitrogen and oxygen atoms in total. The van der Waals surface area contributed by atoms with Crippen LogP contribution in [0.25, 0.3) is 0 Å². The number of hydrazine groups is 1. The van der Waals surface area contributed by atoms with Crippen molar-refractivity contribution in [3.05, 3.63) is 60.2 Å². The van der Waals surface area contributed by atoms with Gasteiger partial charge < -0.3 is 0 Å². The van der Waals surface area contributed by atoms with Crippen LogP contribution in [0.3, 0.4) is 0 Å². The number of fused-ring (bicyclic) bond motifs is 1. The minimum atomic E-state index is 0.806. The molecule has 2 aromatic rings. The summed E-state index contributed by atoms with van der Waals surface area (Å²) in [6.07, 6.45) is 1.73. The summed E-state index contributed by atoms with van der Waals surface area (Å²) in [5.74, 6) is 0. The summed E-state index contributed by atoms with van der Waals surface area (Å²) in [5.41, 5.74) is 6.57. The van der Waals surface area contributed by atoms with E-state index in [9.17, 15) is 0 Å². The molecule has 0 spiro atoms. The van der Waals surface area contributed by atoms with Gasteiger partial charge in [0.15, 0.2) is 0 Å². The first-order valence-electron chi connectivity index (χ1n) is 5.63. The highest BCUT2D eigenvalue weighted by atomic mass is 15.5. The summed E-state index contributed by atoms with van der Waals surface area (Å²) in [7, 11) is 0. The van der Waals surface area contributed by atoms with Crippen molar-refractivity contribution in [3.63, 3.8) is 0 Å². The second kappa shape index (κ2) is 4.29. The van der Waals surface area contributed by atoms with Crippen molar-refractivity contribution in [2.75, 3.05) is 5.01 Å². The lowest BCUT2D eigenvalue weighted by Crippen LogP contribution is -2.35. The van der Waals surface area contributed by atoms with E-state index in [-0.39, 0.29) is 0 Å². The number of anilines is 1. The normalized spacial score (nSPS) is 13.8. The molecule has 2 aromatic carbocycles. The lowest BCUT2D eigenvalue weighted by Gasteiger charge is -2.22. The average Bonchev–Trinajstić information content (AvgIpc) is 2.62. The summed E-state index contributed by atoms with van der Waals surface area (Å²) in [4.78, 5) is 4.38. The predicted octanol–water partition coefficient (Wildman–Crippen LogP) is 2.87. The Morgan fingerprint density at radius 2 is 1.71 bits per heavy atom. The summed E-state index contributed by atoms with van der Waals surface area (Å²) < 4.78 is 0. The summed E-state index contributed by atoms with van der Waals surface area (Å²) in [6, 6.07) is 18.4. The Balaban J connectivity index is 1.95. The van der Waals surface area contributed by atoms with Gasteiger partial charge in [0.25, 0.3) is 0 Å². The minimum absolute atomic E-state index is 0.806. The Hall–Kier alpha value is -2.29. The van der Waals surface area contributed by atoms with E-state index in [1.54, 1.807) is 6.34 Å². The Kier molecular flexibility index (Phi) is 2.50. The van der Waals surface area contributed by atoms with Gasteiger partial charge in [0.2, 0.25) is 0 Å². The summed E-state index contributed by atoms with van der Waals surface area (Å²) >= 11 is 0. The van der Waals surface area contributed by atoms with Crippen LogP contribution < -0.4 is 10.4 Å². The molecule has 0 amide bonds. The molecule has 0 saturated carbocycles. The van der Waals surface area contributed by atoms with Crippen LogP contribution in [0.4, 0.5) is 11.4 Å². The molecule has 3 rings (SSSR count). The van der Waals surface area contributed by atoms with Crippen molar-refractivity contribution < 1.29 is 0 Å². The molecule has 17 heavy (non-hydrogen) atoms. The van der Waals surface area contributed by atoms with Gasteiger partial charge in [-0.25, -0.2) is 4.99 Å². The molecule has 0 radical (unpaired) electrons. The van der Waals surface area contributed by atoms with Crippen molar-refractivity contribution in [2.24, 2.45) is 4.99 Å². The zero-order chi connectivity index (χ0) is 11.5. The van der Waals surface area contributed by atoms with E-state index in [0.29, 0.717) is 0 Å². The van der Waals surface area contributed by atoms with Crippen molar-refractivity contribution in [1.82, 2.24) is 5.43 Å². The Morgan fingerprint density at radius 1 is 0.941 bits per heavy atom. The monoisotopic (exact) mass is 223 g/mol. The van der Waals surface area contributed by atoms with Crippen molar-refractivity contribution in [3.8, 4) is 0 Å². The first-order valence-corrected chi connectivity index (χ1v) is 5.63. The van der Waals surface area contributed by atoms with Gasteiger partial charge in [-0.2, -0.15) is 0 Å². The molecule has 0 saturated heterocycles. The highest BCUT2D eigenvalue weighted by Crippen LogP contribution is 2.23. The van der Waals surface area contributed by atoms with Crippen LogP contribution in [0.5, 0.6) is 0 Å². The number of aliphatic imine (C=N–C) groups is 1. The molecular formula is C14H13N3. The molecule has 84 valence electrons. The molecule has 0 fully saturated rings. The van der Waals surface area contributed by atoms with Gasteiger partial charge in [-0.15, -0.1) is 0 Å². The fraction of sp³-hybridized carbons (Fsp3) is 0.0714. The third kappa shape index (κ3) is 1.99. The maximum Gasteiger partial charge on any atom is 0.107 e. The predicted molar refractivity (Wildman–Crippen MR) is 70.4 cm³/mol. The number of rotatable bonds is 1. The van der Waals surface area contributed by atoms with Crippen molar-refractivity contribution in [2.45, 2.75) is 6.54 Å². The van der Waals surface area contributed by atoms with Crippen molar-refractivity contribution in [1.29, 1.82) is 0 Å². The zero-order valence-corrected chi connectivity index (χ0v) is 9.38. The molecule has 0 atom stereocenters. The highest BCUT2D eigenvalue weighted by molar-refractivity contribution is 5.68. The van der Waals surface area contributed by atoms with Crippen LogP contribution in [0.1, 0.15) is 5.56 Å². The fourth-order valence-electron chi connectivity index (χ4n) is 1.93. The Morgan fingerprint density at radius 3 is 2.59 bits per heavy atom. The molecule has 1 aliphatic rings. The van der Waals surface area contributed by atoms with Gasteiger partial charge in [-0.3, -0.25) is 10.4 Å². The number of nitrogens with one attached hydrogen (secondary N) is 1. The maximum atomic E-state index is 4.38. The van der Waals surface area contributed by atoms with E-state index >= 15 is 0 Å². The summed E-state index contributed by atoms with van der Waals surface area (Å²) in [6.45, 7) is 0.806. The largest absolute Gasteiger partial charge is 0.287 e. The van der Waals surface area contributed by atoms with E-state index in [4.69, 9.17) is 0 Å². The molecule has 0 bridgehead atoms. The SMILES string of the molecule is C1=Nc2ccccc2CN(c2ccccc2)N1.